The highest BCUT2D eigenvalue weighted by Gasteiger charge is 2.60. The molecular formula is C35H47N5O6. The number of ether oxygens (including phenoxy) is 2. The zero-order valence-electron chi connectivity index (χ0n) is 28.2. The molecule has 46 heavy (non-hydrogen) atoms. The van der Waals surface area contributed by atoms with Crippen molar-refractivity contribution in [2.75, 3.05) is 27.8 Å². The summed E-state index contributed by atoms with van der Waals surface area (Å²) >= 11 is 0. The van der Waals surface area contributed by atoms with Gasteiger partial charge in [0.2, 0.25) is 11.8 Å². The van der Waals surface area contributed by atoms with Gasteiger partial charge in [-0.15, -0.1) is 0 Å². The van der Waals surface area contributed by atoms with E-state index in [2.05, 4.69) is 24.3 Å². The third-order valence-corrected chi connectivity index (χ3v) is 9.16. The van der Waals surface area contributed by atoms with Crippen molar-refractivity contribution in [3.8, 4) is 17.3 Å². The molecule has 1 aliphatic heterocycles. The number of pyridine rings is 1. The lowest BCUT2D eigenvalue weighted by Crippen LogP contribution is -2.49. The van der Waals surface area contributed by atoms with Crippen molar-refractivity contribution in [1.82, 2.24) is 25.0 Å². The summed E-state index contributed by atoms with van der Waals surface area (Å²) in [5.41, 5.74) is 1.69. The number of aryl methyl sites for hydroxylation is 1. The van der Waals surface area contributed by atoms with Gasteiger partial charge in [0.25, 0.3) is 0 Å². The fourth-order valence-electron chi connectivity index (χ4n) is 5.71. The summed E-state index contributed by atoms with van der Waals surface area (Å²) < 4.78 is 12.7. The van der Waals surface area contributed by atoms with Crippen LogP contribution in [0.4, 0.5) is 0 Å². The quantitative estimate of drug-likeness (QED) is 0.362. The monoisotopic (exact) mass is 633 g/mol. The maximum atomic E-state index is 12.4. The van der Waals surface area contributed by atoms with Gasteiger partial charge in [-0.05, 0) is 56.7 Å². The first kappa shape index (κ1) is 34.5. The molecule has 2 aliphatic rings. The van der Waals surface area contributed by atoms with E-state index < -0.39 is 23.3 Å². The number of methoxy groups -OCH3 is 2. The Balaban J connectivity index is 0.000000209. The molecular weight excluding hydrogens is 586 g/mol. The number of nitrogens with one attached hydrogen (secondary N) is 1. The van der Waals surface area contributed by atoms with Crippen LogP contribution in [0.5, 0.6) is 11.5 Å². The average molecular weight is 634 g/mol. The number of hydrogen-bond donors (Lipinski definition) is 2. The van der Waals surface area contributed by atoms with Gasteiger partial charge in [0.1, 0.15) is 17.0 Å². The number of benzene rings is 1. The summed E-state index contributed by atoms with van der Waals surface area (Å²) in [5, 5.41) is 17.7. The van der Waals surface area contributed by atoms with Crippen LogP contribution in [0, 0.1) is 24.7 Å². The Morgan fingerprint density at radius 2 is 1.80 bits per heavy atom. The van der Waals surface area contributed by atoms with Crippen LogP contribution >= 0.6 is 0 Å². The summed E-state index contributed by atoms with van der Waals surface area (Å²) in [6, 6.07) is 7.83. The van der Waals surface area contributed by atoms with Crippen molar-refractivity contribution < 1.29 is 29.0 Å². The molecule has 248 valence electrons. The molecule has 3 aromatic rings. The molecule has 3 heterocycles. The van der Waals surface area contributed by atoms with E-state index in [0.29, 0.717) is 18.9 Å². The number of carbonyl (C=O) groups excluding carboxylic acids is 2. The molecule has 1 aromatic carbocycles. The molecule has 11 heteroatoms. The molecule has 1 fully saturated rings. The maximum Gasteiger partial charge on any atom is 0.330 e. The standard InChI is InChI=1S/C18H21N3O2.C17H26N2O4/c1-11(2)14-8-9-21(20-14)17-10-16(23-5)13-6-7-15(22-4)12(3)18(13)19-17;1-11-12(2)15(21)19(3)9-7-5-4-6-8-13-10-17(13,16(22)23)18-14(11)20/h6-11H,1-5H3;6,8,11-13H,4-5,7,9-10H2,1-3H3,(H,18,20)(H,22,23). The van der Waals surface area contributed by atoms with Gasteiger partial charge >= 0.3 is 5.97 Å². The van der Waals surface area contributed by atoms with Gasteiger partial charge in [-0.2, -0.15) is 5.10 Å². The van der Waals surface area contributed by atoms with Gasteiger partial charge in [0, 0.05) is 54.6 Å². The van der Waals surface area contributed by atoms with Gasteiger partial charge in [0.15, 0.2) is 5.82 Å². The van der Waals surface area contributed by atoms with Crippen molar-refractivity contribution in [1.29, 1.82) is 0 Å². The first-order valence-electron chi connectivity index (χ1n) is 15.9. The zero-order valence-corrected chi connectivity index (χ0v) is 28.2. The molecule has 2 aromatic heterocycles. The molecule has 1 aliphatic carbocycles. The summed E-state index contributed by atoms with van der Waals surface area (Å²) in [7, 11) is 5.08. The lowest BCUT2D eigenvalue weighted by atomic mass is 9.93. The van der Waals surface area contributed by atoms with Crippen LogP contribution in [0.25, 0.3) is 16.7 Å². The van der Waals surface area contributed by atoms with E-state index in [1.165, 1.54) is 0 Å². The number of fused-ring (bicyclic) bond motifs is 2. The summed E-state index contributed by atoms with van der Waals surface area (Å²) in [6.45, 7) is 10.3. The Bertz CT molecular complexity index is 1610. The number of carboxylic acids is 1. The normalized spacial score (nSPS) is 23.6. The molecule has 1 saturated carbocycles. The zero-order chi connectivity index (χ0) is 33.8. The highest BCUT2D eigenvalue weighted by Crippen LogP contribution is 2.45. The topological polar surface area (TPSA) is 136 Å². The van der Waals surface area contributed by atoms with Gasteiger partial charge in [0.05, 0.1) is 25.4 Å². The predicted octanol–water partition coefficient (Wildman–Crippen LogP) is 5.29. The van der Waals surface area contributed by atoms with Crippen LogP contribution in [0.1, 0.15) is 70.6 Å². The van der Waals surface area contributed by atoms with Crippen LogP contribution < -0.4 is 14.8 Å². The Morgan fingerprint density at radius 3 is 2.43 bits per heavy atom. The largest absolute Gasteiger partial charge is 0.496 e. The van der Waals surface area contributed by atoms with E-state index in [9.17, 15) is 19.5 Å². The fourth-order valence-corrected chi connectivity index (χ4v) is 5.71. The summed E-state index contributed by atoms with van der Waals surface area (Å²) in [5.74, 6) is 0.0639. The van der Waals surface area contributed by atoms with Crippen molar-refractivity contribution in [3.05, 3.63) is 53.9 Å². The molecule has 0 radical (unpaired) electrons. The maximum absolute atomic E-state index is 12.4. The van der Waals surface area contributed by atoms with E-state index >= 15 is 0 Å². The lowest BCUT2D eigenvalue weighted by molar-refractivity contribution is -0.145. The summed E-state index contributed by atoms with van der Waals surface area (Å²) in [4.78, 5) is 42.8. The number of allylic oxidation sites excluding steroid dienone is 1. The lowest BCUT2D eigenvalue weighted by Gasteiger charge is -2.26. The van der Waals surface area contributed by atoms with Crippen LogP contribution in [-0.4, -0.2) is 75.9 Å². The number of nitrogens with zero attached hydrogens (tertiary/aromatic N) is 4. The molecule has 4 unspecified atom stereocenters. The van der Waals surface area contributed by atoms with Gasteiger partial charge < -0.3 is 24.8 Å². The van der Waals surface area contributed by atoms with Crippen LogP contribution in [-0.2, 0) is 14.4 Å². The predicted molar refractivity (Wildman–Crippen MR) is 176 cm³/mol. The molecule has 2 amide bonds. The van der Waals surface area contributed by atoms with E-state index in [4.69, 9.17) is 14.5 Å². The minimum atomic E-state index is -1.19. The number of amides is 2. The van der Waals surface area contributed by atoms with Crippen LogP contribution in [0.3, 0.4) is 0 Å². The van der Waals surface area contributed by atoms with Crippen molar-refractivity contribution >= 4 is 28.7 Å². The number of aromatic nitrogens is 3. The average Bonchev–Trinajstić information content (AvgIpc) is 3.50. The third-order valence-electron chi connectivity index (χ3n) is 9.16. The molecule has 0 bridgehead atoms. The van der Waals surface area contributed by atoms with E-state index in [-0.39, 0.29) is 17.7 Å². The van der Waals surface area contributed by atoms with Gasteiger partial charge in [-0.3, -0.25) is 9.59 Å². The van der Waals surface area contributed by atoms with Crippen molar-refractivity contribution in [3.63, 3.8) is 0 Å². The smallest absolute Gasteiger partial charge is 0.330 e. The van der Waals surface area contributed by atoms with Crippen molar-refractivity contribution in [2.24, 2.45) is 17.8 Å². The second kappa shape index (κ2) is 14.3. The molecule has 0 saturated heterocycles. The van der Waals surface area contributed by atoms with E-state index in [1.54, 1.807) is 44.7 Å². The van der Waals surface area contributed by atoms with Gasteiger partial charge in [-0.1, -0.05) is 39.8 Å². The first-order valence-corrected chi connectivity index (χ1v) is 15.9. The molecule has 4 atom stereocenters. The minimum Gasteiger partial charge on any atom is -0.496 e. The number of carboxylic acid groups (broad SMARTS) is 1. The number of hydrogen-bond acceptors (Lipinski definition) is 7. The van der Waals surface area contributed by atoms with E-state index in [0.717, 1.165) is 58.7 Å². The third kappa shape index (κ3) is 7.18. The van der Waals surface area contributed by atoms with Crippen LogP contribution in [0.15, 0.2) is 42.6 Å². The molecule has 0 spiro atoms. The second-order valence-electron chi connectivity index (χ2n) is 12.6. The summed E-state index contributed by atoms with van der Waals surface area (Å²) in [6.07, 6.45) is 8.95. The molecule has 5 rings (SSSR count). The first-order chi connectivity index (χ1) is 21.8. The van der Waals surface area contributed by atoms with E-state index in [1.807, 2.05) is 49.5 Å². The highest BCUT2D eigenvalue weighted by molar-refractivity contribution is 5.93. The number of rotatable bonds is 5. The number of aliphatic carboxylic acids is 1. The SMILES string of the molecule is CC1C(=O)NC2(C(=O)O)CC2C=CCCCCN(C)C(=O)C1C.COc1ccc2c(OC)cc(-n3ccc(C(C)C)n3)nc2c1C. The Hall–Kier alpha value is -4.41. The molecule has 2 N–H and O–H groups in total. The van der Waals surface area contributed by atoms with Crippen molar-refractivity contribution in [2.45, 2.75) is 71.8 Å². The molecule has 11 nitrogen and oxygen atoms in total. The van der Waals surface area contributed by atoms with Crippen LogP contribution in [0.2, 0.25) is 0 Å². The number of carbonyl (C=O) groups is 3. The second-order valence-corrected chi connectivity index (χ2v) is 12.6. The Labute approximate surface area is 271 Å². The minimum absolute atomic E-state index is 0.0722. The Kier molecular flexibility index (Phi) is 10.7. The van der Waals surface area contributed by atoms with Gasteiger partial charge in [-0.25, -0.2) is 14.5 Å². The Morgan fingerprint density at radius 1 is 1.09 bits per heavy atom. The highest BCUT2D eigenvalue weighted by atomic mass is 16.5. The fraction of sp³-hybridized carbons (Fsp3) is 0.514.